The number of carbonyl (C=O) groups is 2. The fourth-order valence-corrected chi connectivity index (χ4v) is 4.26. The van der Waals surface area contributed by atoms with Gasteiger partial charge in [-0.1, -0.05) is 18.2 Å². The zero-order chi connectivity index (χ0) is 20.3. The summed E-state index contributed by atoms with van der Waals surface area (Å²) in [5.74, 6) is -0.239. The van der Waals surface area contributed by atoms with Gasteiger partial charge in [0.25, 0.3) is 0 Å². The van der Waals surface area contributed by atoms with Crippen molar-refractivity contribution in [1.29, 1.82) is 0 Å². The highest BCUT2D eigenvalue weighted by Gasteiger charge is 2.30. The van der Waals surface area contributed by atoms with E-state index in [4.69, 9.17) is 9.47 Å². The van der Waals surface area contributed by atoms with Crippen LogP contribution in [0, 0.1) is 0 Å². The average Bonchev–Trinajstić information content (AvgIpc) is 3.27. The number of hydrogen-bond donors (Lipinski definition) is 0. The molecule has 1 aliphatic heterocycles. The lowest BCUT2D eigenvalue weighted by Gasteiger charge is -2.25. The Labute approximate surface area is 170 Å². The van der Waals surface area contributed by atoms with Crippen LogP contribution >= 0.6 is 11.3 Å². The number of rotatable bonds is 5. The third-order valence-corrected chi connectivity index (χ3v) is 5.56. The fourth-order valence-electron chi connectivity index (χ4n) is 3.40. The maximum atomic E-state index is 12.5. The smallest absolute Gasteiger partial charge is 0.414 e. The molecule has 5 nitrogen and oxygen atoms in total. The SMILES string of the molecule is CCOC(=O)CC(c1ccc2c(c1)CCN2C(=O)OC(C)(C)C)c1cccs1. The minimum absolute atomic E-state index is 0.0417. The van der Waals surface area contributed by atoms with Crippen molar-refractivity contribution in [2.75, 3.05) is 18.1 Å². The Bertz CT molecular complexity index is 839. The van der Waals surface area contributed by atoms with Crippen LogP contribution in [0.2, 0.25) is 0 Å². The Morgan fingerprint density at radius 1 is 1.25 bits per heavy atom. The Kier molecular flexibility index (Phi) is 6.08. The van der Waals surface area contributed by atoms with Crippen LogP contribution in [0.15, 0.2) is 35.7 Å². The van der Waals surface area contributed by atoms with Crippen molar-refractivity contribution >= 4 is 29.1 Å². The molecule has 1 atom stereocenters. The third-order valence-electron chi connectivity index (χ3n) is 4.58. The van der Waals surface area contributed by atoms with Gasteiger partial charge in [-0.05, 0) is 62.8 Å². The molecular weight excluding hydrogens is 374 g/mol. The van der Waals surface area contributed by atoms with Gasteiger partial charge in [0.15, 0.2) is 0 Å². The molecule has 0 aliphatic carbocycles. The lowest BCUT2D eigenvalue weighted by atomic mass is 9.92. The summed E-state index contributed by atoms with van der Waals surface area (Å²) in [6.07, 6.45) is 0.766. The van der Waals surface area contributed by atoms with Crippen molar-refractivity contribution in [3.05, 3.63) is 51.7 Å². The van der Waals surface area contributed by atoms with Gasteiger partial charge in [0.2, 0.25) is 0 Å². The Morgan fingerprint density at radius 2 is 2.04 bits per heavy atom. The third kappa shape index (κ3) is 4.73. The number of anilines is 1. The van der Waals surface area contributed by atoms with E-state index in [0.717, 1.165) is 28.1 Å². The van der Waals surface area contributed by atoms with E-state index in [1.165, 1.54) is 0 Å². The highest BCUT2D eigenvalue weighted by atomic mass is 32.1. The Morgan fingerprint density at radius 3 is 2.68 bits per heavy atom. The van der Waals surface area contributed by atoms with E-state index < -0.39 is 5.60 Å². The molecule has 0 bridgehead atoms. The molecule has 0 N–H and O–H groups in total. The molecule has 1 amide bonds. The molecule has 2 heterocycles. The molecule has 1 aliphatic rings. The molecule has 1 aromatic heterocycles. The van der Waals surface area contributed by atoms with Gasteiger partial charge >= 0.3 is 12.1 Å². The zero-order valence-electron chi connectivity index (χ0n) is 16.9. The van der Waals surface area contributed by atoms with E-state index in [1.807, 2.05) is 51.3 Å². The molecule has 3 rings (SSSR count). The topological polar surface area (TPSA) is 55.8 Å². The summed E-state index contributed by atoms with van der Waals surface area (Å²) in [4.78, 5) is 27.5. The van der Waals surface area contributed by atoms with Crippen LogP contribution in [0.4, 0.5) is 10.5 Å². The first kappa shape index (κ1) is 20.4. The van der Waals surface area contributed by atoms with E-state index in [0.29, 0.717) is 19.6 Å². The van der Waals surface area contributed by atoms with Gasteiger partial charge in [0.1, 0.15) is 5.60 Å². The lowest BCUT2D eigenvalue weighted by molar-refractivity contribution is -0.143. The second-order valence-electron chi connectivity index (χ2n) is 7.85. The van der Waals surface area contributed by atoms with Gasteiger partial charge in [-0.15, -0.1) is 11.3 Å². The van der Waals surface area contributed by atoms with Crippen LogP contribution in [0.1, 0.15) is 56.0 Å². The molecule has 150 valence electrons. The largest absolute Gasteiger partial charge is 0.466 e. The van der Waals surface area contributed by atoms with Crippen LogP contribution in [-0.2, 0) is 20.7 Å². The zero-order valence-corrected chi connectivity index (χ0v) is 17.7. The summed E-state index contributed by atoms with van der Waals surface area (Å²) < 4.78 is 10.7. The van der Waals surface area contributed by atoms with Gasteiger partial charge in [0.05, 0.1) is 18.7 Å². The van der Waals surface area contributed by atoms with Crippen molar-refractivity contribution in [1.82, 2.24) is 0 Å². The van der Waals surface area contributed by atoms with E-state index in [2.05, 4.69) is 12.1 Å². The number of esters is 1. The number of carbonyl (C=O) groups excluding carboxylic acids is 2. The standard InChI is InChI=1S/C22H27NO4S/c1-5-26-20(24)14-17(19-7-6-12-28-19)15-8-9-18-16(13-15)10-11-23(18)21(25)27-22(2,3)4/h6-9,12-13,17H,5,10-11,14H2,1-4H3. The molecule has 1 unspecified atom stereocenters. The lowest BCUT2D eigenvalue weighted by Crippen LogP contribution is -2.35. The van der Waals surface area contributed by atoms with Crippen LogP contribution < -0.4 is 4.90 Å². The molecular formula is C22H27NO4S. The number of ether oxygens (including phenoxy) is 2. The second-order valence-corrected chi connectivity index (χ2v) is 8.83. The van der Waals surface area contributed by atoms with Crippen molar-refractivity contribution in [3.8, 4) is 0 Å². The fraction of sp³-hybridized carbons (Fsp3) is 0.455. The summed E-state index contributed by atoms with van der Waals surface area (Å²) in [6, 6.07) is 10.1. The van der Waals surface area contributed by atoms with Gasteiger partial charge in [0, 0.05) is 17.3 Å². The van der Waals surface area contributed by atoms with E-state index in [9.17, 15) is 9.59 Å². The summed E-state index contributed by atoms with van der Waals surface area (Å²) >= 11 is 1.64. The van der Waals surface area contributed by atoms with E-state index in [1.54, 1.807) is 16.2 Å². The van der Waals surface area contributed by atoms with Crippen molar-refractivity contribution < 1.29 is 19.1 Å². The first-order valence-corrected chi connectivity index (χ1v) is 10.5. The Hall–Kier alpha value is -2.34. The number of fused-ring (bicyclic) bond motifs is 1. The van der Waals surface area contributed by atoms with Crippen molar-refractivity contribution in [3.63, 3.8) is 0 Å². The van der Waals surface area contributed by atoms with Gasteiger partial charge in [-0.25, -0.2) is 4.79 Å². The summed E-state index contributed by atoms with van der Waals surface area (Å²) in [5, 5.41) is 2.02. The highest BCUT2D eigenvalue weighted by Crippen LogP contribution is 2.37. The molecule has 28 heavy (non-hydrogen) atoms. The number of benzene rings is 1. The second kappa shape index (κ2) is 8.35. The monoisotopic (exact) mass is 401 g/mol. The molecule has 2 aromatic rings. The molecule has 0 fully saturated rings. The van der Waals surface area contributed by atoms with Gasteiger partial charge in [-0.3, -0.25) is 9.69 Å². The molecule has 1 aromatic carbocycles. The average molecular weight is 402 g/mol. The number of amides is 1. The summed E-state index contributed by atoms with van der Waals surface area (Å²) in [7, 11) is 0. The van der Waals surface area contributed by atoms with E-state index in [-0.39, 0.29) is 18.0 Å². The first-order chi connectivity index (χ1) is 13.3. The van der Waals surface area contributed by atoms with Crippen LogP contribution in [0.25, 0.3) is 0 Å². The first-order valence-electron chi connectivity index (χ1n) is 9.61. The number of hydrogen-bond acceptors (Lipinski definition) is 5. The maximum Gasteiger partial charge on any atom is 0.414 e. The molecule has 0 spiro atoms. The van der Waals surface area contributed by atoms with Gasteiger partial charge in [-0.2, -0.15) is 0 Å². The summed E-state index contributed by atoms with van der Waals surface area (Å²) in [5.41, 5.74) is 2.54. The predicted molar refractivity (Wildman–Crippen MR) is 111 cm³/mol. The number of thiophene rings is 1. The summed E-state index contributed by atoms with van der Waals surface area (Å²) in [6.45, 7) is 8.41. The molecule has 0 saturated heterocycles. The molecule has 0 radical (unpaired) electrons. The van der Waals surface area contributed by atoms with Gasteiger partial charge < -0.3 is 9.47 Å². The minimum Gasteiger partial charge on any atom is -0.466 e. The maximum absolute atomic E-state index is 12.5. The van der Waals surface area contributed by atoms with E-state index >= 15 is 0 Å². The normalized spacial score (nSPS) is 14.5. The predicted octanol–water partition coefficient (Wildman–Crippen LogP) is 5.13. The van der Waals surface area contributed by atoms with Crippen molar-refractivity contribution in [2.24, 2.45) is 0 Å². The Balaban J connectivity index is 1.85. The minimum atomic E-state index is -0.524. The van der Waals surface area contributed by atoms with Crippen LogP contribution in [-0.4, -0.2) is 30.8 Å². The molecule has 6 heteroatoms. The van der Waals surface area contributed by atoms with Crippen LogP contribution in [0.5, 0.6) is 0 Å². The number of nitrogens with zero attached hydrogens (tertiary/aromatic N) is 1. The van der Waals surface area contributed by atoms with Crippen molar-refractivity contribution in [2.45, 2.75) is 52.1 Å². The molecule has 0 saturated carbocycles. The van der Waals surface area contributed by atoms with Crippen LogP contribution in [0.3, 0.4) is 0 Å². The quantitative estimate of drug-likeness (QED) is 0.652. The highest BCUT2D eigenvalue weighted by molar-refractivity contribution is 7.10.